The van der Waals surface area contributed by atoms with Gasteiger partial charge < -0.3 is 16.8 Å². The fraction of sp³-hybridized carbons (Fsp3) is 0.800. The van der Waals surface area contributed by atoms with Crippen LogP contribution in [0.4, 0.5) is 0 Å². The normalized spacial score (nSPS) is 12.4. The standard InChI is InChI=1S/C5H11O2.Rf/c1-3-7-4-5(2)6;/h5-6H,1,3-4H2,2H3;/q-1;. The number of hydrogen-bond donors (Lipinski definition) is 1. The van der Waals surface area contributed by atoms with Crippen molar-refractivity contribution >= 4 is 0 Å². The van der Waals surface area contributed by atoms with E-state index in [1.165, 1.54) is 0 Å². The van der Waals surface area contributed by atoms with E-state index in [1.807, 2.05) is 0 Å². The predicted molar refractivity (Wildman–Crippen MR) is 27.9 cm³/mol. The summed E-state index contributed by atoms with van der Waals surface area (Å²) in [5.41, 5.74) is 0. The summed E-state index contributed by atoms with van der Waals surface area (Å²) >= 11 is 0. The largest absolute Gasteiger partial charge is 0.411 e. The Balaban J connectivity index is 0. The van der Waals surface area contributed by atoms with Gasteiger partial charge in [0.15, 0.2) is 0 Å². The summed E-state index contributed by atoms with van der Waals surface area (Å²) in [5.74, 6) is 0. The fourth-order valence-corrected chi connectivity index (χ4v) is 0.254. The molecule has 0 rings (SSSR count). The molecule has 0 aromatic rings. The maximum absolute atomic E-state index is 8.53. The molecule has 1 unspecified atom stereocenters. The van der Waals surface area contributed by atoms with E-state index < -0.39 is 0 Å². The molecule has 0 heterocycles. The number of ether oxygens (including phenoxy) is 1. The first kappa shape index (κ1) is 10.0. The molecule has 0 saturated carbocycles. The first-order valence-electron chi connectivity index (χ1n) is 2.32. The van der Waals surface area contributed by atoms with Crippen molar-refractivity contribution in [3.05, 3.63) is 6.92 Å². The van der Waals surface area contributed by atoms with Gasteiger partial charge in [-0.25, -0.2) is 0 Å². The van der Waals surface area contributed by atoms with Gasteiger partial charge in [0.2, 0.25) is 0 Å². The van der Waals surface area contributed by atoms with E-state index in [9.17, 15) is 0 Å². The van der Waals surface area contributed by atoms with Gasteiger partial charge in [-0.3, -0.25) is 0 Å². The quantitative estimate of drug-likeness (QED) is 0.721. The molecule has 46 valence electrons. The second-order valence-corrected chi connectivity index (χ2v) is 1.42. The summed E-state index contributed by atoms with van der Waals surface area (Å²) in [6, 6.07) is 0. The monoisotopic (exact) mass is 370 g/mol. The van der Waals surface area contributed by atoms with Crippen molar-refractivity contribution in [2.75, 3.05) is 13.2 Å². The molecular weight excluding hydrogens is 359 g/mol. The summed E-state index contributed by atoms with van der Waals surface area (Å²) in [4.78, 5) is 0. The zero-order chi connectivity index (χ0) is 5.70. The van der Waals surface area contributed by atoms with Gasteiger partial charge in [-0.1, -0.05) is 6.61 Å². The molecule has 1 N–H and O–H groups in total. The molecule has 0 amide bonds. The molecule has 0 bridgehead atoms. The maximum Gasteiger partial charge on any atom is 0.0744 e. The van der Waals surface area contributed by atoms with Crippen molar-refractivity contribution in [3.63, 3.8) is 0 Å². The Bertz CT molecular complexity index is 39.4. The molecule has 1 atom stereocenters. The van der Waals surface area contributed by atoms with E-state index in [-0.39, 0.29) is 6.10 Å². The second kappa shape index (κ2) is 5.92. The van der Waals surface area contributed by atoms with E-state index in [0.29, 0.717) is 13.2 Å². The van der Waals surface area contributed by atoms with Gasteiger partial charge in [-0.15, -0.1) is 0 Å². The van der Waals surface area contributed by atoms with Gasteiger partial charge in [-0.2, -0.15) is 0 Å². The summed E-state index contributed by atoms with van der Waals surface area (Å²) in [5, 5.41) is 8.53. The summed E-state index contributed by atoms with van der Waals surface area (Å²) in [6.45, 7) is 5.93. The van der Waals surface area contributed by atoms with Crippen LogP contribution < -0.4 is 0 Å². The van der Waals surface area contributed by atoms with Crippen LogP contribution in [0.1, 0.15) is 6.92 Å². The Morgan fingerprint density at radius 2 is 2.25 bits per heavy atom. The Kier molecular flexibility index (Phi) is 7.41. The summed E-state index contributed by atoms with van der Waals surface area (Å²) in [6.07, 6.45) is -0.359. The van der Waals surface area contributed by atoms with Crippen molar-refractivity contribution in [2.24, 2.45) is 0 Å². The first-order chi connectivity index (χ1) is 3.27. The molecule has 2 nitrogen and oxygen atoms in total. The van der Waals surface area contributed by atoms with E-state index in [1.54, 1.807) is 6.92 Å². The van der Waals surface area contributed by atoms with E-state index >= 15 is 0 Å². The van der Waals surface area contributed by atoms with Crippen LogP contribution >= 0.6 is 0 Å². The molecule has 8 heavy (non-hydrogen) atoms. The van der Waals surface area contributed by atoms with Gasteiger partial charge in [0.25, 0.3) is 0 Å². The molecule has 3 heteroatoms. The van der Waals surface area contributed by atoms with E-state index in [2.05, 4.69) is 6.92 Å². The van der Waals surface area contributed by atoms with Crippen LogP contribution in [-0.4, -0.2) is 24.4 Å². The van der Waals surface area contributed by atoms with Crippen molar-refractivity contribution in [2.45, 2.75) is 13.0 Å². The predicted octanol–water partition coefficient (Wildman–Crippen LogP) is 0.218. The van der Waals surface area contributed by atoms with Crippen molar-refractivity contribution in [1.82, 2.24) is 0 Å². The molecule has 0 saturated heterocycles. The molecule has 0 aromatic carbocycles. The van der Waals surface area contributed by atoms with Gasteiger partial charge in [-0.05, 0) is 6.92 Å². The third-order valence-corrected chi connectivity index (χ3v) is 0.503. The number of hydrogen-bond acceptors (Lipinski definition) is 2. The third-order valence-electron chi connectivity index (χ3n) is 0.503. The van der Waals surface area contributed by atoms with Crippen molar-refractivity contribution in [3.8, 4) is 0 Å². The SMILES string of the molecule is [CH2-]COCC(C)O.[Rf]. The number of aliphatic hydroxyl groups excluding tert-OH is 1. The van der Waals surface area contributed by atoms with Crippen LogP contribution in [0.2, 0.25) is 0 Å². The van der Waals surface area contributed by atoms with E-state index in [4.69, 9.17) is 9.84 Å². The Morgan fingerprint density at radius 3 is 2.38 bits per heavy atom. The molecular formula is C5H11O2Rf-. The topological polar surface area (TPSA) is 29.5 Å². The average molecular weight is 370 g/mol. The van der Waals surface area contributed by atoms with Crippen LogP contribution in [0.3, 0.4) is 0 Å². The first-order valence-corrected chi connectivity index (χ1v) is 2.32. The van der Waals surface area contributed by atoms with Crippen LogP contribution in [0.15, 0.2) is 0 Å². The molecule has 0 radical (unpaired) electrons. The molecule has 0 spiro atoms. The van der Waals surface area contributed by atoms with Gasteiger partial charge in [0.1, 0.15) is 0 Å². The molecule has 0 aliphatic heterocycles. The Labute approximate surface area is 44.1 Å². The summed E-state index contributed by atoms with van der Waals surface area (Å²) < 4.78 is 4.73. The second-order valence-electron chi connectivity index (χ2n) is 1.42. The fourth-order valence-electron chi connectivity index (χ4n) is 0.254. The molecule has 0 fully saturated rings. The van der Waals surface area contributed by atoms with Crippen molar-refractivity contribution in [1.29, 1.82) is 0 Å². The van der Waals surface area contributed by atoms with Gasteiger partial charge >= 0.3 is 0 Å². The average Bonchev–Trinajstić information content (AvgIpc) is 1.61. The molecule has 0 aliphatic rings. The molecule has 0 aromatic heterocycles. The van der Waals surface area contributed by atoms with Crippen LogP contribution in [-0.2, 0) is 4.74 Å². The van der Waals surface area contributed by atoms with Gasteiger partial charge in [0.05, 0.1) is 12.7 Å². The molecule has 0 aliphatic carbocycles. The van der Waals surface area contributed by atoms with Gasteiger partial charge in [0, 0.05) is 0 Å². The smallest absolute Gasteiger partial charge is 0.0744 e. The number of aliphatic hydroxyl groups is 1. The van der Waals surface area contributed by atoms with Crippen LogP contribution in [0, 0.1) is 6.92 Å². The zero-order valence-corrected chi connectivity index (χ0v) is 11.7. The maximum atomic E-state index is 8.53. The van der Waals surface area contributed by atoms with Crippen molar-refractivity contribution < 1.29 is 9.84 Å². The minimum atomic E-state index is -0.359. The van der Waals surface area contributed by atoms with Crippen LogP contribution in [0.5, 0.6) is 0 Å². The minimum Gasteiger partial charge on any atom is -0.411 e. The van der Waals surface area contributed by atoms with Crippen LogP contribution in [0.25, 0.3) is 0 Å². The third kappa shape index (κ3) is 8.87. The zero-order valence-electron chi connectivity index (χ0n) is 5.26. The minimum absolute atomic E-state index is 0. The number of rotatable bonds is 3. The Hall–Kier alpha value is -1.08. The summed E-state index contributed by atoms with van der Waals surface area (Å²) in [7, 11) is 0. The van der Waals surface area contributed by atoms with E-state index in [0.717, 1.165) is 0 Å². The Morgan fingerprint density at radius 1 is 1.75 bits per heavy atom.